The van der Waals surface area contributed by atoms with Gasteiger partial charge in [-0.2, -0.15) is 0 Å². The Morgan fingerprint density at radius 3 is 2.44 bits per heavy atom. The number of carbonyl (C=O) groups excluding carboxylic acids is 2. The summed E-state index contributed by atoms with van der Waals surface area (Å²) in [6, 6.07) is 5.17. The number of hydrogen-bond donors (Lipinski definition) is 1. The smallest absolute Gasteiger partial charge is 0.489 e. The number of ether oxygens (including phenoxy) is 3. The molecule has 6 nitrogen and oxygen atoms in total. The van der Waals surface area contributed by atoms with Crippen LogP contribution in [-0.4, -0.2) is 30.9 Å². The van der Waals surface area contributed by atoms with E-state index in [1.54, 1.807) is 0 Å². The van der Waals surface area contributed by atoms with Gasteiger partial charge in [0.2, 0.25) is 0 Å². The van der Waals surface area contributed by atoms with E-state index in [2.05, 4.69) is 10.1 Å². The van der Waals surface area contributed by atoms with Crippen molar-refractivity contribution in [3.8, 4) is 11.5 Å². The van der Waals surface area contributed by atoms with Gasteiger partial charge in [0.05, 0.1) is 5.56 Å². The molecule has 2 fully saturated rings. The quantitative estimate of drug-likeness (QED) is 0.316. The predicted octanol–water partition coefficient (Wildman–Crippen LogP) is 5.27. The highest BCUT2D eigenvalue weighted by Crippen LogP contribution is 2.43. The molecular formula is C23H20ClF4NO5. The van der Waals surface area contributed by atoms with Crippen LogP contribution in [0.1, 0.15) is 53.1 Å². The van der Waals surface area contributed by atoms with Gasteiger partial charge in [-0.05, 0) is 73.5 Å². The fraction of sp³-hybridized carbons (Fsp3) is 0.391. The van der Waals surface area contributed by atoms with E-state index in [-0.39, 0.29) is 28.9 Å². The number of halogens is 5. The highest BCUT2D eigenvalue weighted by atomic mass is 35.5. The molecule has 0 bridgehead atoms. The van der Waals surface area contributed by atoms with E-state index in [4.69, 9.17) is 21.1 Å². The van der Waals surface area contributed by atoms with Gasteiger partial charge < -0.3 is 19.5 Å². The molecule has 1 unspecified atom stereocenters. The van der Waals surface area contributed by atoms with Crippen molar-refractivity contribution < 1.29 is 41.4 Å². The van der Waals surface area contributed by atoms with Crippen LogP contribution in [0.4, 0.5) is 17.6 Å². The van der Waals surface area contributed by atoms with Crippen molar-refractivity contribution in [1.29, 1.82) is 0 Å². The Morgan fingerprint density at radius 2 is 1.79 bits per heavy atom. The summed E-state index contributed by atoms with van der Waals surface area (Å²) in [4.78, 5) is 24.5. The van der Waals surface area contributed by atoms with Gasteiger partial charge in [0.15, 0.2) is 0 Å². The fourth-order valence-corrected chi connectivity index (χ4v) is 3.98. The first-order valence-corrected chi connectivity index (χ1v) is 11.0. The summed E-state index contributed by atoms with van der Waals surface area (Å²) in [7, 11) is 0. The Hall–Kier alpha value is -2.85. The number of carbonyl (C=O) groups is 2. The minimum atomic E-state index is -4.90. The lowest BCUT2D eigenvalue weighted by Crippen LogP contribution is -2.34. The Kier molecular flexibility index (Phi) is 6.99. The van der Waals surface area contributed by atoms with Crippen molar-refractivity contribution in [2.75, 3.05) is 6.54 Å². The molecule has 0 radical (unpaired) electrons. The van der Waals surface area contributed by atoms with Gasteiger partial charge in [-0.3, -0.25) is 0 Å². The van der Waals surface area contributed by atoms with E-state index in [1.165, 1.54) is 12.1 Å². The predicted molar refractivity (Wildman–Crippen MR) is 112 cm³/mol. The van der Waals surface area contributed by atoms with E-state index in [0.717, 1.165) is 37.5 Å². The van der Waals surface area contributed by atoms with Crippen LogP contribution in [0.5, 0.6) is 11.5 Å². The van der Waals surface area contributed by atoms with Crippen LogP contribution < -0.4 is 14.8 Å². The van der Waals surface area contributed by atoms with Gasteiger partial charge in [0.1, 0.15) is 30.0 Å². The second-order valence-corrected chi connectivity index (χ2v) is 8.56. The van der Waals surface area contributed by atoms with Crippen molar-refractivity contribution in [3.63, 3.8) is 0 Å². The van der Waals surface area contributed by atoms with Crippen LogP contribution in [0.2, 0.25) is 5.02 Å². The zero-order valence-electron chi connectivity index (χ0n) is 17.7. The molecule has 4 rings (SSSR count). The highest BCUT2D eigenvalue weighted by Gasteiger charge is 2.32. The minimum Gasteiger partial charge on any atom is -0.489 e. The molecular weight excluding hydrogens is 482 g/mol. The SMILES string of the molecule is O=C(OC(=O)C1CCCN1)c1cc(C2CC2)c(COc2cc(Cl)cc(OC(F)(F)F)c2)cc1F. The van der Waals surface area contributed by atoms with Crippen molar-refractivity contribution in [1.82, 2.24) is 5.32 Å². The largest absolute Gasteiger partial charge is 0.573 e. The second-order valence-electron chi connectivity index (χ2n) is 8.12. The molecule has 2 aliphatic rings. The second kappa shape index (κ2) is 9.79. The number of alkyl halides is 3. The molecule has 0 amide bonds. The summed E-state index contributed by atoms with van der Waals surface area (Å²) in [6.07, 6.45) is -1.95. The van der Waals surface area contributed by atoms with Gasteiger partial charge in [-0.1, -0.05) is 11.6 Å². The summed E-state index contributed by atoms with van der Waals surface area (Å²) in [5.74, 6) is -3.21. The average Bonchev–Trinajstić information content (AvgIpc) is 3.42. The van der Waals surface area contributed by atoms with Gasteiger partial charge in [-0.25, -0.2) is 14.0 Å². The minimum absolute atomic E-state index is 0.00736. The highest BCUT2D eigenvalue weighted by molar-refractivity contribution is 6.30. The standard InChI is InChI=1S/C23H20ClF4NO5/c24-14-7-15(9-16(8-14)34-23(26,27)28)32-11-13-6-19(25)18(10-17(13)12-3-4-12)21(30)33-22(31)20-2-1-5-29-20/h6-10,12,20,29H,1-5,11H2. The number of nitrogens with one attached hydrogen (secondary N) is 1. The van der Waals surface area contributed by atoms with Crippen molar-refractivity contribution in [3.05, 3.63) is 57.9 Å². The Morgan fingerprint density at radius 1 is 1.06 bits per heavy atom. The van der Waals surface area contributed by atoms with Crippen LogP contribution in [0.3, 0.4) is 0 Å². The number of benzene rings is 2. The molecule has 11 heteroatoms. The fourth-order valence-electron chi connectivity index (χ4n) is 3.76. The monoisotopic (exact) mass is 501 g/mol. The van der Waals surface area contributed by atoms with Gasteiger partial charge >= 0.3 is 18.3 Å². The molecule has 1 saturated carbocycles. The molecule has 34 heavy (non-hydrogen) atoms. The summed E-state index contributed by atoms with van der Waals surface area (Å²) >= 11 is 5.85. The zero-order valence-corrected chi connectivity index (χ0v) is 18.5. The Bertz CT molecular complexity index is 1100. The third kappa shape index (κ3) is 6.18. The van der Waals surface area contributed by atoms with Crippen molar-refractivity contribution in [2.45, 2.75) is 50.6 Å². The normalized spacial score (nSPS) is 18.0. The van der Waals surface area contributed by atoms with Crippen LogP contribution >= 0.6 is 11.6 Å². The summed E-state index contributed by atoms with van der Waals surface area (Å²) < 4.78 is 66.6. The summed E-state index contributed by atoms with van der Waals surface area (Å²) in [6.45, 7) is 0.452. The molecule has 1 N–H and O–H groups in total. The lowest BCUT2D eigenvalue weighted by atomic mass is 10.00. The van der Waals surface area contributed by atoms with E-state index in [0.29, 0.717) is 24.1 Å². The molecule has 0 aromatic heterocycles. The molecule has 0 spiro atoms. The third-order valence-corrected chi connectivity index (χ3v) is 5.70. The number of rotatable bonds is 7. The van der Waals surface area contributed by atoms with Gasteiger partial charge in [-0.15, -0.1) is 13.2 Å². The summed E-state index contributed by atoms with van der Waals surface area (Å²) in [5.41, 5.74) is 0.702. The maximum absolute atomic E-state index is 14.8. The molecule has 1 aliphatic heterocycles. The van der Waals surface area contributed by atoms with E-state index < -0.39 is 35.9 Å². The molecule has 1 atom stereocenters. The van der Waals surface area contributed by atoms with Crippen molar-refractivity contribution in [2.24, 2.45) is 0 Å². The molecule has 2 aromatic rings. The maximum atomic E-state index is 14.8. The first kappa shape index (κ1) is 24.3. The Labute approximate surface area is 197 Å². The molecule has 1 heterocycles. The average molecular weight is 502 g/mol. The molecule has 182 valence electrons. The number of esters is 2. The van der Waals surface area contributed by atoms with E-state index >= 15 is 0 Å². The Balaban J connectivity index is 1.50. The summed E-state index contributed by atoms with van der Waals surface area (Å²) in [5, 5.41) is 2.87. The van der Waals surface area contributed by atoms with Gasteiger partial charge in [0, 0.05) is 11.1 Å². The number of hydrogen-bond acceptors (Lipinski definition) is 6. The third-order valence-electron chi connectivity index (χ3n) is 5.48. The van der Waals surface area contributed by atoms with Crippen molar-refractivity contribution >= 4 is 23.5 Å². The van der Waals surface area contributed by atoms with Gasteiger partial charge in [0.25, 0.3) is 0 Å². The van der Waals surface area contributed by atoms with E-state index in [9.17, 15) is 27.2 Å². The first-order chi connectivity index (χ1) is 16.1. The van der Waals surface area contributed by atoms with Crippen LogP contribution in [-0.2, 0) is 16.1 Å². The molecule has 2 aromatic carbocycles. The van der Waals surface area contributed by atoms with Crippen LogP contribution in [0.15, 0.2) is 30.3 Å². The van der Waals surface area contributed by atoms with E-state index in [1.807, 2.05) is 0 Å². The van der Waals surface area contributed by atoms with Crippen LogP contribution in [0, 0.1) is 5.82 Å². The maximum Gasteiger partial charge on any atom is 0.573 e. The lowest BCUT2D eigenvalue weighted by molar-refractivity contribution is -0.274. The molecule has 1 saturated heterocycles. The molecule has 1 aliphatic carbocycles. The lowest BCUT2D eigenvalue weighted by Gasteiger charge is -2.15. The first-order valence-electron chi connectivity index (χ1n) is 10.6. The topological polar surface area (TPSA) is 73.9 Å². The van der Waals surface area contributed by atoms with Crippen LogP contribution in [0.25, 0.3) is 0 Å². The zero-order chi connectivity index (χ0) is 24.5.